The lowest BCUT2D eigenvalue weighted by molar-refractivity contribution is -0.384. The Bertz CT molecular complexity index is 1330. The average molecular weight is 553 g/mol. The van der Waals surface area contributed by atoms with E-state index in [-0.39, 0.29) is 12.3 Å². The molecule has 1 aliphatic rings. The lowest BCUT2D eigenvalue weighted by atomic mass is 10.0. The number of hydrogen-bond donors (Lipinski definition) is 1. The van der Waals surface area contributed by atoms with Crippen molar-refractivity contribution in [2.24, 2.45) is 0 Å². The van der Waals surface area contributed by atoms with Crippen molar-refractivity contribution in [2.45, 2.75) is 6.10 Å². The van der Waals surface area contributed by atoms with Crippen molar-refractivity contribution in [3.05, 3.63) is 98.0 Å². The number of allylic oxidation sites excluding steroid dienone is 1. The predicted octanol–water partition coefficient (Wildman–Crippen LogP) is 5.53. The summed E-state index contributed by atoms with van der Waals surface area (Å²) in [4.78, 5) is 14.8. The second-order valence-electron chi connectivity index (χ2n) is 8.89. The van der Waals surface area contributed by atoms with Crippen LogP contribution < -0.4 is 9.64 Å². The molecule has 1 saturated heterocycles. The predicted molar refractivity (Wildman–Crippen MR) is 150 cm³/mol. The zero-order valence-electron chi connectivity index (χ0n) is 20.5. The fourth-order valence-electron chi connectivity index (χ4n) is 4.19. The van der Waals surface area contributed by atoms with Crippen LogP contribution in [0.3, 0.4) is 0 Å². The topological polar surface area (TPSA) is 103 Å². The molecule has 1 atom stereocenters. The zero-order valence-corrected chi connectivity index (χ0v) is 22.0. The molecule has 0 aromatic heterocycles. The van der Waals surface area contributed by atoms with E-state index in [1.165, 1.54) is 12.1 Å². The van der Waals surface area contributed by atoms with Crippen molar-refractivity contribution in [1.29, 1.82) is 5.26 Å². The minimum Gasteiger partial charge on any atom is -0.491 e. The van der Waals surface area contributed by atoms with Gasteiger partial charge in [0.1, 0.15) is 18.5 Å². The van der Waals surface area contributed by atoms with Crippen molar-refractivity contribution in [3.63, 3.8) is 0 Å². The number of rotatable bonds is 9. The first-order valence-corrected chi connectivity index (χ1v) is 12.8. The highest BCUT2D eigenvalue weighted by Crippen LogP contribution is 2.27. The number of anilines is 1. The largest absolute Gasteiger partial charge is 0.491 e. The lowest BCUT2D eigenvalue weighted by Crippen LogP contribution is -2.49. The Kier molecular flexibility index (Phi) is 9.21. The fourth-order valence-corrected chi connectivity index (χ4v) is 4.49. The van der Waals surface area contributed by atoms with Crippen molar-refractivity contribution in [3.8, 4) is 11.8 Å². The Morgan fingerprint density at radius 2 is 1.74 bits per heavy atom. The minimum absolute atomic E-state index is 0.0804. The SMILES string of the molecule is N#C/C(=C\c1ccc(OCC(O)CN2CCN(c3ccc([N+](=O)[O-])cc3)CC2)cc1)c1ccc(Cl)c(Cl)c1. The number of hydrogen-bond acceptors (Lipinski definition) is 7. The quantitative estimate of drug-likeness (QED) is 0.161. The number of aliphatic hydroxyl groups excluding tert-OH is 1. The Hall–Kier alpha value is -3.61. The van der Waals surface area contributed by atoms with Gasteiger partial charge >= 0.3 is 0 Å². The zero-order chi connectivity index (χ0) is 27.1. The molecule has 38 heavy (non-hydrogen) atoms. The van der Waals surface area contributed by atoms with Gasteiger partial charge < -0.3 is 14.7 Å². The van der Waals surface area contributed by atoms with Gasteiger partial charge in [0, 0.05) is 50.5 Å². The molecule has 0 spiro atoms. The van der Waals surface area contributed by atoms with Gasteiger partial charge in [-0.3, -0.25) is 15.0 Å². The summed E-state index contributed by atoms with van der Waals surface area (Å²) in [6.45, 7) is 3.74. The molecule has 0 amide bonds. The number of ether oxygens (including phenoxy) is 1. The molecule has 3 aromatic carbocycles. The maximum absolute atomic E-state index is 10.8. The standard InChI is InChI=1S/C28H26Cl2N4O4/c29-27-10-3-21(16-28(27)30)22(17-31)15-20-1-8-26(9-2-20)38-19-25(35)18-32-11-13-33(14-12-32)23-4-6-24(7-5-23)34(36)37/h1-10,15-16,25,35H,11-14,18-19H2/b22-15+. The van der Waals surface area contributed by atoms with E-state index < -0.39 is 11.0 Å². The summed E-state index contributed by atoms with van der Waals surface area (Å²) in [5.74, 6) is 0.622. The Morgan fingerprint density at radius 3 is 2.34 bits per heavy atom. The number of nitro groups is 1. The molecule has 3 aromatic rings. The summed E-state index contributed by atoms with van der Waals surface area (Å²) in [6.07, 6.45) is 1.11. The second-order valence-corrected chi connectivity index (χ2v) is 9.71. The summed E-state index contributed by atoms with van der Waals surface area (Å²) in [5, 5.41) is 31.7. The Balaban J connectivity index is 1.24. The molecule has 4 rings (SSSR count). The van der Waals surface area contributed by atoms with E-state index in [0.717, 1.165) is 37.4 Å². The van der Waals surface area contributed by atoms with Gasteiger partial charge in [-0.1, -0.05) is 41.4 Å². The summed E-state index contributed by atoms with van der Waals surface area (Å²) in [6, 6.07) is 21.1. The molecular formula is C28H26Cl2N4O4. The van der Waals surface area contributed by atoms with Crippen LogP contribution in [0.15, 0.2) is 66.7 Å². The van der Waals surface area contributed by atoms with Crippen molar-refractivity contribution >= 4 is 46.2 Å². The molecular weight excluding hydrogens is 527 g/mol. The molecule has 0 bridgehead atoms. The smallest absolute Gasteiger partial charge is 0.269 e. The molecule has 8 nitrogen and oxygen atoms in total. The maximum Gasteiger partial charge on any atom is 0.269 e. The van der Waals surface area contributed by atoms with Crippen LogP contribution >= 0.6 is 23.2 Å². The molecule has 0 saturated carbocycles. The third kappa shape index (κ3) is 7.24. The van der Waals surface area contributed by atoms with Crippen LogP contribution in [0.2, 0.25) is 10.0 Å². The van der Waals surface area contributed by atoms with Crippen molar-refractivity contribution < 1.29 is 14.8 Å². The number of aliphatic hydroxyl groups is 1. The molecule has 1 N–H and O–H groups in total. The van der Waals surface area contributed by atoms with Gasteiger partial charge in [-0.15, -0.1) is 0 Å². The molecule has 1 fully saturated rings. The minimum atomic E-state index is -0.652. The van der Waals surface area contributed by atoms with Gasteiger partial charge in [-0.25, -0.2) is 0 Å². The van der Waals surface area contributed by atoms with Crippen molar-refractivity contribution in [2.75, 3.05) is 44.2 Å². The highest BCUT2D eigenvalue weighted by atomic mass is 35.5. The first-order chi connectivity index (χ1) is 18.3. The number of benzene rings is 3. The number of nitro benzene ring substituents is 1. The van der Waals surface area contributed by atoms with Crippen LogP contribution in [0, 0.1) is 21.4 Å². The molecule has 10 heteroatoms. The van der Waals surface area contributed by atoms with Gasteiger partial charge in [0.15, 0.2) is 0 Å². The second kappa shape index (κ2) is 12.8. The third-order valence-electron chi connectivity index (χ3n) is 6.25. The first-order valence-electron chi connectivity index (χ1n) is 12.0. The molecule has 196 valence electrons. The first kappa shape index (κ1) is 27.4. The van der Waals surface area contributed by atoms with Crippen LogP contribution in [0.4, 0.5) is 11.4 Å². The van der Waals surface area contributed by atoms with E-state index in [4.69, 9.17) is 27.9 Å². The van der Waals surface area contributed by atoms with E-state index >= 15 is 0 Å². The number of halogens is 2. The fraction of sp³-hybridized carbons (Fsp3) is 0.250. The van der Waals surface area contributed by atoms with Crippen LogP contribution in [0.1, 0.15) is 11.1 Å². The van der Waals surface area contributed by atoms with Crippen LogP contribution in [-0.2, 0) is 0 Å². The molecule has 1 aliphatic heterocycles. The average Bonchev–Trinajstić information content (AvgIpc) is 2.93. The third-order valence-corrected chi connectivity index (χ3v) is 6.99. The maximum atomic E-state index is 10.8. The number of nitrogens with zero attached hydrogens (tertiary/aromatic N) is 4. The van der Waals surface area contributed by atoms with Gasteiger partial charge in [-0.05, 0) is 53.6 Å². The lowest BCUT2D eigenvalue weighted by Gasteiger charge is -2.36. The monoisotopic (exact) mass is 552 g/mol. The summed E-state index contributed by atoms with van der Waals surface area (Å²) in [5.41, 5.74) is 3.00. The number of non-ortho nitro benzene ring substituents is 1. The number of β-amino-alcohol motifs (C(OH)–C–C–N with tert-alkyl or cyclic N) is 1. The number of nitriles is 1. The van der Waals surface area contributed by atoms with Crippen LogP contribution in [0.5, 0.6) is 5.75 Å². The van der Waals surface area contributed by atoms with Crippen molar-refractivity contribution in [1.82, 2.24) is 4.90 Å². The van der Waals surface area contributed by atoms with E-state index in [9.17, 15) is 20.5 Å². The van der Waals surface area contributed by atoms with Crippen LogP contribution in [-0.4, -0.2) is 60.4 Å². The Labute approximate surface area is 231 Å². The van der Waals surface area contributed by atoms with Gasteiger partial charge in [0.25, 0.3) is 5.69 Å². The normalized spacial score (nSPS) is 15.1. The molecule has 0 radical (unpaired) electrons. The van der Waals surface area contributed by atoms with E-state index in [2.05, 4.69) is 15.9 Å². The highest BCUT2D eigenvalue weighted by Gasteiger charge is 2.20. The summed E-state index contributed by atoms with van der Waals surface area (Å²) < 4.78 is 5.77. The van der Waals surface area contributed by atoms with Gasteiger partial charge in [0.05, 0.1) is 26.6 Å². The van der Waals surface area contributed by atoms with Crippen LogP contribution in [0.25, 0.3) is 11.6 Å². The van der Waals surface area contributed by atoms with Gasteiger partial charge in [-0.2, -0.15) is 5.26 Å². The highest BCUT2D eigenvalue weighted by molar-refractivity contribution is 6.42. The van der Waals surface area contributed by atoms with E-state index in [0.29, 0.717) is 33.5 Å². The number of piperazine rings is 1. The van der Waals surface area contributed by atoms with E-state index in [1.54, 1.807) is 48.5 Å². The summed E-state index contributed by atoms with van der Waals surface area (Å²) in [7, 11) is 0. The van der Waals surface area contributed by atoms with Gasteiger partial charge in [0.2, 0.25) is 0 Å². The molecule has 1 heterocycles. The summed E-state index contributed by atoms with van der Waals surface area (Å²) >= 11 is 12.0. The Morgan fingerprint density at radius 1 is 1.05 bits per heavy atom. The molecule has 1 unspecified atom stereocenters. The van der Waals surface area contributed by atoms with E-state index in [1.807, 2.05) is 12.1 Å². The molecule has 0 aliphatic carbocycles.